The molecule has 0 heterocycles. The van der Waals surface area contributed by atoms with E-state index in [4.69, 9.17) is 10.00 Å². The van der Waals surface area contributed by atoms with Gasteiger partial charge in [0.25, 0.3) is 0 Å². The van der Waals surface area contributed by atoms with Gasteiger partial charge in [-0.05, 0) is 12.1 Å². The molecule has 1 rings (SSSR count). The van der Waals surface area contributed by atoms with Crippen LogP contribution in [0.4, 0.5) is 5.69 Å². The molecule has 0 aliphatic rings. The van der Waals surface area contributed by atoms with Crippen LogP contribution >= 0.6 is 0 Å². The summed E-state index contributed by atoms with van der Waals surface area (Å²) in [5.41, 5.74) is 0.675. The van der Waals surface area contributed by atoms with E-state index < -0.39 is 0 Å². The molecule has 0 aliphatic heterocycles. The smallest absolute Gasteiger partial charge is 0.226 e. The molecule has 1 N–H and O–H groups in total. The molecule has 0 radical (unpaired) electrons. The number of carbonyl (C=O) groups is 1. The number of amides is 1. The summed E-state index contributed by atoms with van der Waals surface area (Å²) in [7, 11) is 0. The second-order valence-corrected chi connectivity index (χ2v) is 3.62. The molecule has 0 spiro atoms. The van der Waals surface area contributed by atoms with Crippen LogP contribution in [-0.4, -0.2) is 12.5 Å². The highest BCUT2D eigenvalue weighted by atomic mass is 16.5. The van der Waals surface area contributed by atoms with Crippen LogP contribution in [-0.2, 0) is 4.79 Å². The number of nitrogens with one attached hydrogen (secondary N) is 1. The monoisotopic (exact) mass is 218 g/mol. The zero-order chi connectivity index (χ0) is 12.0. The molecule has 0 atom stereocenters. The first kappa shape index (κ1) is 12.1. The number of benzene rings is 1. The molecule has 4 nitrogen and oxygen atoms in total. The lowest BCUT2D eigenvalue weighted by atomic mass is 10.2. The lowest BCUT2D eigenvalue weighted by Gasteiger charge is -2.09. The van der Waals surface area contributed by atoms with Crippen molar-refractivity contribution in [1.82, 2.24) is 0 Å². The molecule has 0 aliphatic carbocycles. The van der Waals surface area contributed by atoms with Gasteiger partial charge in [0.05, 0.1) is 0 Å². The van der Waals surface area contributed by atoms with Crippen molar-refractivity contribution in [2.24, 2.45) is 5.92 Å². The van der Waals surface area contributed by atoms with Crippen molar-refractivity contribution in [2.45, 2.75) is 13.8 Å². The van der Waals surface area contributed by atoms with Crippen LogP contribution in [0.2, 0.25) is 0 Å². The number of nitriles is 1. The fourth-order valence-electron chi connectivity index (χ4n) is 1.07. The Hall–Kier alpha value is -2.02. The Morgan fingerprint density at radius 2 is 2.31 bits per heavy atom. The Balaban J connectivity index is 2.68. The van der Waals surface area contributed by atoms with E-state index in [2.05, 4.69) is 5.32 Å². The van der Waals surface area contributed by atoms with Gasteiger partial charge in [-0.3, -0.25) is 4.79 Å². The summed E-state index contributed by atoms with van der Waals surface area (Å²) < 4.78 is 5.13. The molecule has 0 bridgehead atoms. The summed E-state index contributed by atoms with van der Waals surface area (Å²) in [4.78, 5) is 11.4. The van der Waals surface area contributed by atoms with E-state index in [9.17, 15) is 4.79 Å². The average Bonchev–Trinajstić information content (AvgIpc) is 2.26. The summed E-state index contributed by atoms with van der Waals surface area (Å²) in [5, 5.41) is 11.1. The topological polar surface area (TPSA) is 62.1 Å². The van der Waals surface area contributed by atoms with Gasteiger partial charge in [0.1, 0.15) is 11.8 Å². The van der Waals surface area contributed by atoms with Crippen LogP contribution in [0.25, 0.3) is 0 Å². The van der Waals surface area contributed by atoms with Gasteiger partial charge >= 0.3 is 0 Å². The van der Waals surface area contributed by atoms with Gasteiger partial charge in [-0.2, -0.15) is 5.26 Å². The first-order chi connectivity index (χ1) is 7.63. The SMILES string of the molecule is CC(C)C(=O)Nc1cccc(OCC#N)c1. The highest BCUT2D eigenvalue weighted by Gasteiger charge is 2.07. The Morgan fingerprint density at radius 3 is 2.94 bits per heavy atom. The summed E-state index contributed by atoms with van der Waals surface area (Å²) in [6.07, 6.45) is 0. The number of hydrogen-bond donors (Lipinski definition) is 1. The van der Waals surface area contributed by atoms with Crippen molar-refractivity contribution in [3.63, 3.8) is 0 Å². The van der Waals surface area contributed by atoms with E-state index in [0.717, 1.165) is 0 Å². The van der Waals surface area contributed by atoms with Crippen molar-refractivity contribution in [2.75, 3.05) is 11.9 Å². The maximum absolute atomic E-state index is 11.4. The molecule has 0 saturated heterocycles. The largest absolute Gasteiger partial charge is 0.479 e. The highest BCUT2D eigenvalue weighted by molar-refractivity contribution is 5.92. The number of ether oxygens (including phenoxy) is 1. The molecule has 84 valence electrons. The number of nitrogens with zero attached hydrogens (tertiary/aromatic N) is 1. The summed E-state index contributed by atoms with van der Waals surface area (Å²) in [5.74, 6) is 0.462. The zero-order valence-electron chi connectivity index (χ0n) is 9.36. The minimum Gasteiger partial charge on any atom is -0.479 e. The predicted octanol–water partition coefficient (Wildman–Crippen LogP) is 2.18. The minimum absolute atomic E-state index is 0.00157. The normalized spacial score (nSPS) is 9.62. The maximum atomic E-state index is 11.4. The number of hydrogen-bond acceptors (Lipinski definition) is 3. The number of anilines is 1. The average molecular weight is 218 g/mol. The van der Waals surface area contributed by atoms with E-state index in [1.54, 1.807) is 24.3 Å². The Labute approximate surface area is 94.8 Å². The molecular formula is C12H14N2O2. The number of carbonyl (C=O) groups excluding carboxylic acids is 1. The minimum atomic E-state index is -0.0660. The molecule has 0 aromatic heterocycles. The molecule has 1 aromatic carbocycles. The van der Waals surface area contributed by atoms with E-state index in [1.807, 2.05) is 19.9 Å². The molecule has 0 fully saturated rings. The van der Waals surface area contributed by atoms with Gasteiger partial charge in [-0.25, -0.2) is 0 Å². The van der Waals surface area contributed by atoms with Crippen molar-refractivity contribution >= 4 is 11.6 Å². The van der Waals surface area contributed by atoms with Crippen LogP contribution < -0.4 is 10.1 Å². The van der Waals surface area contributed by atoms with Crippen molar-refractivity contribution in [1.29, 1.82) is 5.26 Å². The lowest BCUT2D eigenvalue weighted by molar-refractivity contribution is -0.118. The Bertz CT molecular complexity index is 408. The van der Waals surface area contributed by atoms with Crippen LogP contribution in [0.15, 0.2) is 24.3 Å². The fourth-order valence-corrected chi connectivity index (χ4v) is 1.07. The molecule has 1 aromatic rings. The van der Waals surface area contributed by atoms with Crippen LogP contribution in [0.5, 0.6) is 5.75 Å². The standard InChI is InChI=1S/C12H14N2O2/c1-9(2)12(15)14-10-4-3-5-11(8-10)16-7-6-13/h3-5,8-9H,7H2,1-2H3,(H,14,15). The first-order valence-electron chi connectivity index (χ1n) is 5.04. The van der Waals surface area contributed by atoms with E-state index >= 15 is 0 Å². The third kappa shape index (κ3) is 3.62. The van der Waals surface area contributed by atoms with Crippen molar-refractivity contribution in [3.05, 3.63) is 24.3 Å². The van der Waals surface area contributed by atoms with Crippen molar-refractivity contribution < 1.29 is 9.53 Å². The Morgan fingerprint density at radius 1 is 1.56 bits per heavy atom. The second kappa shape index (κ2) is 5.76. The van der Waals surface area contributed by atoms with Gasteiger partial charge in [0.2, 0.25) is 5.91 Å². The van der Waals surface area contributed by atoms with E-state index in [-0.39, 0.29) is 18.4 Å². The Kier molecular flexibility index (Phi) is 4.34. The van der Waals surface area contributed by atoms with Gasteiger partial charge in [0.15, 0.2) is 6.61 Å². The van der Waals surface area contributed by atoms with E-state index in [1.165, 1.54) is 0 Å². The summed E-state index contributed by atoms with van der Waals surface area (Å²) in [6, 6.07) is 8.86. The van der Waals surface area contributed by atoms with Crippen LogP contribution in [0.3, 0.4) is 0 Å². The zero-order valence-corrected chi connectivity index (χ0v) is 9.36. The quantitative estimate of drug-likeness (QED) is 0.842. The van der Waals surface area contributed by atoms with E-state index in [0.29, 0.717) is 11.4 Å². The predicted molar refractivity (Wildman–Crippen MR) is 61.0 cm³/mol. The molecule has 0 unspecified atom stereocenters. The fraction of sp³-hybridized carbons (Fsp3) is 0.333. The number of rotatable bonds is 4. The molecule has 1 amide bonds. The molecule has 0 saturated carbocycles. The molecule has 4 heteroatoms. The third-order valence-electron chi connectivity index (χ3n) is 1.93. The summed E-state index contributed by atoms with van der Waals surface area (Å²) >= 11 is 0. The van der Waals surface area contributed by atoms with Gasteiger partial charge < -0.3 is 10.1 Å². The van der Waals surface area contributed by atoms with Gasteiger partial charge in [-0.1, -0.05) is 19.9 Å². The molecule has 16 heavy (non-hydrogen) atoms. The maximum Gasteiger partial charge on any atom is 0.226 e. The summed E-state index contributed by atoms with van der Waals surface area (Å²) in [6.45, 7) is 3.65. The first-order valence-corrected chi connectivity index (χ1v) is 5.04. The second-order valence-electron chi connectivity index (χ2n) is 3.62. The lowest BCUT2D eigenvalue weighted by Crippen LogP contribution is -2.17. The highest BCUT2D eigenvalue weighted by Crippen LogP contribution is 2.17. The van der Waals surface area contributed by atoms with Crippen LogP contribution in [0, 0.1) is 17.2 Å². The molecular weight excluding hydrogens is 204 g/mol. The van der Waals surface area contributed by atoms with Crippen molar-refractivity contribution in [3.8, 4) is 11.8 Å². The van der Waals surface area contributed by atoms with Gasteiger partial charge in [-0.15, -0.1) is 0 Å². The third-order valence-corrected chi connectivity index (χ3v) is 1.93. The van der Waals surface area contributed by atoms with Gasteiger partial charge in [0, 0.05) is 17.7 Å². The van der Waals surface area contributed by atoms with Crippen LogP contribution in [0.1, 0.15) is 13.8 Å².